The smallest absolute Gasteiger partial charge is 0.259 e. The van der Waals surface area contributed by atoms with Gasteiger partial charge < -0.3 is 10.2 Å². The summed E-state index contributed by atoms with van der Waals surface area (Å²) in [6, 6.07) is 6.24. The number of carbonyl (C=O) groups is 2. The lowest BCUT2D eigenvalue weighted by Crippen LogP contribution is -2.61. The molecule has 5 rings (SSSR count). The van der Waals surface area contributed by atoms with Gasteiger partial charge in [-0.2, -0.15) is 0 Å². The van der Waals surface area contributed by atoms with Gasteiger partial charge in [0.2, 0.25) is 0 Å². The quantitative estimate of drug-likeness (QED) is 0.687. The van der Waals surface area contributed by atoms with Gasteiger partial charge in [-0.3, -0.25) is 9.59 Å². The first kappa shape index (κ1) is 21.7. The van der Waals surface area contributed by atoms with Crippen LogP contribution >= 0.6 is 0 Å². The Labute approximate surface area is 190 Å². The van der Waals surface area contributed by atoms with Crippen molar-refractivity contribution in [1.29, 1.82) is 0 Å². The van der Waals surface area contributed by atoms with Gasteiger partial charge in [-0.05, 0) is 79.4 Å². The van der Waals surface area contributed by atoms with Crippen LogP contribution in [0, 0.1) is 34.4 Å². The molecule has 0 aromatic heterocycles. The van der Waals surface area contributed by atoms with Gasteiger partial charge in [-0.1, -0.05) is 38.5 Å². The number of benzene rings is 1. The molecule has 1 aliphatic heterocycles. The minimum Gasteiger partial charge on any atom is -0.348 e. The Kier molecular flexibility index (Phi) is 5.22. The summed E-state index contributed by atoms with van der Waals surface area (Å²) in [5, 5.41) is 2.89. The molecule has 3 aliphatic carbocycles. The van der Waals surface area contributed by atoms with E-state index in [0.717, 1.165) is 17.9 Å². The molecular formula is C27H35FN2O2. The number of fused-ring (bicyclic) bond motifs is 5. The van der Waals surface area contributed by atoms with Gasteiger partial charge in [0.15, 0.2) is 0 Å². The van der Waals surface area contributed by atoms with E-state index in [2.05, 4.69) is 19.2 Å². The highest BCUT2D eigenvalue weighted by Crippen LogP contribution is 2.64. The van der Waals surface area contributed by atoms with Crippen molar-refractivity contribution in [2.75, 3.05) is 7.05 Å². The van der Waals surface area contributed by atoms with E-state index in [1.54, 1.807) is 12.1 Å². The summed E-state index contributed by atoms with van der Waals surface area (Å²) in [6.07, 6.45) is 10.7. The van der Waals surface area contributed by atoms with Crippen molar-refractivity contribution in [3.8, 4) is 0 Å². The molecule has 1 N–H and O–H groups in total. The lowest BCUT2D eigenvalue weighted by atomic mass is 9.48. The fourth-order valence-corrected chi connectivity index (χ4v) is 7.92. The molecule has 1 aromatic carbocycles. The summed E-state index contributed by atoms with van der Waals surface area (Å²) in [7, 11) is 1.87. The number of carbonyl (C=O) groups excluding carboxylic acids is 2. The van der Waals surface area contributed by atoms with Crippen LogP contribution in [-0.4, -0.2) is 29.8 Å². The minimum absolute atomic E-state index is 0.163. The second-order valence-corrected chi connectivity index (χ2v) is 11.2. The molecule has 0 spiro atoms. The third-order valence-corrected chi connectivity index (χ3v) is 9.59. The molecule has 32 heavy (non-hydrogen) atoms. The molecular weight excluding hydrogens is 403 g/mol. The van der Waals surface area contributed by atoms with Crippen molar-refractivity contribution < 1.29 is 14.0 Å². The van der Waals surface area contributed by atoms with Crippen molar-refractivity contribution >= 4 is 11.8 Å². The van der Waals surface area contributed by atoms with E-state index in [1.807, 2.05) is 18.0 Å². The number of hydrogen-bond donors (Lipinski definition) is 1. The Bertz CT molecular complexity index is 957. The Morgan fingerprint density at radius 3 is 2.59 bits per heavy atom. The first-order valence-corrected chi connectivity index (χ1v) is 12.3. The van der Waals surface area contributed by atoms with Crippen molar-refractivity contribution in [2.24, 2.45) is 28.6 Å². The highest BCUT2D eigenvalue weighted by atomic mass is 19.1. The zero-order chi connectivity index (χ0) is 22.7. The maximum atomic E-state index is 13.2. The second-order valence-electron chi connectivity index (χ2n) is 11.2. The van der Waals surface area contributed by atoms with Crippen molar-refractivity contribution in [2.45, 2.75) is 71.4 Å². The molecule has 0 saturated heterocycles. The van der Waals surface area contributed by atoms with Crippen LogP contribution in [0.3, 0.4) is 0 Å². The van der Waals surface area contributed by atoms with Gasteiger partial charge in [0.1, 0.15) is 11.4 Å². The number of nitrogens with zero attached hydrogens (tertiary/aromatic N) is 1. The van der Waals surface area contributed by atoms with Gasteiger partial charge >= 0.3 is 0 Å². The second kappa shape index (κ2) is 7.71. The van der Waals surface area contributed by atoms with Gasteiger partial charge in [0.25, 0.3) is 11.8 Å². The van der Waals surface area contributed by atoms with Crippen LogP contribution in [-0.2, 0) is 16.1 Å². The maximum absolute atomic E-state index is 13.2. The zero-order valence-corrected chi connectivity index (χ0v) is 19.5. The molecule has 5 heteroatoms. The molecule has 1 heterocycles. The first-order valence-electron chi connectivity index (χ1n) is 12.3. The Morgan fingerprint density at radius 1 is 1.09 bits per heavy atom. The van der Waals surface area contributed by atoms with Crippen LogP contribution < -0.4 is 5.32 Å². The van der Waals surface area contributed by atoms with E-state index in [-0.39, 0.29) is 41.2 Å². The number of nitrogens with one attached hydrogen (secondary N) is 1. The van der Waals surface area contributed by atoms with E-state index in [9.17, 15) is 14.0 Å². The molecule has 3 saturated carbocycles. The summed E-state index contributed by atoms with van der Waals surface area (Å²) < 4.78 is 13.2. The van der Waals surface area contributed by atoms with E-state index in [1.165, 1.54) is 50.7 Å². The van der Waals surface area contributed by atoms with Crippen LogP contribution in [0.4, 0.5) is 4.39 Å². The summed E-state index contributed by atoms with van der Waals surface area (Å²) in [6.45, 7) is 5.07. The number of halogens is 1. The average Bonchev–Trinajstić information content (AvgIpc) is 3.17. The molecule has 0 radical (unpaired) electrons. The fourth-order valence-electron chi connectivity index (χ4n) is 7.92. The Balaban J connectivity index is 1.41. The summed E-state index contributed by atoms with van der Waals surface area (Å²) >= 11 is 0. The van der Waals surface area contributed by atoms with Crippen molar-refractivity contribution in [3.05, 3.63) is 47.3 Å². The molecule has 1 aromatic rings. The normalized spacial score (nSPS) is 38.4. The molecule has 4 aliphatic rings. The third-order valence-electron chi connectivity index (χ3n) is 9.59. The highest BCUT2D eigenvalue weighted by molar-refractivity contribution is 6.19. The minimum atomic E-state index is -0.325. The summed E-state index contributed by atoms with van der Waals surface area (Å²) in [5.74, 6) is 1.19. The standard InChI is InChI=1S/C27H35FN2O2/c1-26-13-4-5-21(26)19-10-11-23-27(2,22(19)12-14-26)15-20(25(32)30(23)3)24(31)29-16-17-6-8-18(28)9-7-17/h6-9,15,19,21-23H,4-5,10-14,16H2,1-3H3,(H,29,31)/t19-,21-,22+,23?,26-,27+/m0/s1. The summed E-state index contributed by atoms with van der Waals surface area (Å²) in [4.78, 5) is 28.1. The topological polar surface area (TPSA) is 49.4 Å². The van der Waals surface area contributed by atoms with Crippen LogP contribution in [0.1, 0.15) is 64.4 Å². The Morgan fingerprint density at radius 2 is 1.84 bits per heavy atom. The third kappa shape index (κ3) is 3.31. The predicted molar refractivity (Wildman–Crippen MR) is 122 cm³/mol. The SMILES string of the molecule is CN1C(=O)C(C(=O)NCc2ccc(F)cc2)=C[C@@]2(C)C1CC[C@@H]1[C@H]2CC[C@]2(C)CCC[C@@H]12. The molecule has 1 unspecified atom stereocenters. The molecule has 6 atom stereocenters. The van der Waals surface area contributed by atoms with Gasteiger partial charge in [-0.15, -0.1) is 0 Å². The number of rotatable bonds is 3. The van der Waals surface area contributed by atoms with Crippen LogP contribution in [0.15, 0.2) is 35.9 Å². The van der Waals surface area contributed by atoms with Crippen molar-refractivity contribution in [3.63, 3.8) is 0 Å². The van der Waals surface area contributed by atoms with Crippen LogP contribution in [0.2, 0.25) is 0 Å². The fraction of sp³-hybridized carbons (Fsp3) is 0.630. The molecule has 3 fully saturated rings. The van der Waals surface area contributed by atoms with E-state index < -0.39 is 0 Å². The average molecular weight is 439 g/mol. The molecule has 4 nitrogen and oxygen atoms in total. The van der Waals surface area contributed by atoms with E-state index in [4.69, 9.17) is 0 Å². The lowest BCUT2D eigenvalue weighted by molar-refractivity contribution is -0.141. The Hall–Kier alpha value is -2.17. The van der Waals surface area contributed by atoms with Gasteiger partial charge in [0, 0.05) is 25.0 Å². The number of amides is 2. The lowest BCUT2D eigenvalue weighted by Gasteiger charge is -2.60. The maximum Gasteiger partial charge on any atom is 0.259 e. The van der Waals surface area contributed by atoms with Gasteiger partial charge in [-0.25, -0.2) is 4.39 Å². The van der Waals surface area contributed by atoms with Crippen molar-refractivity contribution in [1.82, 2.24) is 10.2 Å². The molecule has 172 valence electrons. The zero-order valence-electron chi connectivity index (χ0n) is 19.5. The van der Waals surface area contributed by atoms with Gasteiger partial charge in [0.05, 0.1) is 0 Å². The highest BCUT2D eigenvalue weighted by Gasteiger charge is 2.59. The number of likely N-dealkylation sites (N-methyl/N-ethyl adjacent to an activating group) is 1. The monoisotopic (exact) mass is 438 g/mol. The van der Waals surface area contributed by atoms with Crippen LogP contribution in [0.5, 0.6) is 0 Å². The predicted octanol–water partition coefficient (Wildman–Crippen LogP) is 4.84. The van der Waals surface area contributed by atoms with E-state index >= 15 is 0 Å². The molecule has 0 bridgehead atoms. The summed E-state index contributed by atoms with van der Waals surface area (Å²) in [5.41, 5.74) is 1.40. The largest absolute Gasteiger partial charge is 0.348 e. The molecule has 2 amide bonds. The van der Waals surface area contributed by atoms with E-state index in [0.29, 0.717) is 17.3 Å². The first-order chi connectivity index (χ1) is 15.2. The van der Waals surface area contributed by atoms with Crippen LogP contribution in [0.25, 0.3) is 0 Å². The number of hydrogen-bond acceptors (Lipinski definition) is 2.